The van der Waals surface area contributed by atoms with E-state index in [0.29, 0.717) is 30.6 Å². The smallest absolute Gasteiger partial charge is 0.257 e. The molecule has 1 fully saturated rings. The summed E-state index contributed by atoms with van der Waals surface area (Å²) in [6.07, 6.45) is 4.87. The Labute approximate surface area is 114 Å². The number of rotatable bonds is 8. The first kappa shape index (κ1) is 14.5. The molecule has 1 aromatic rings. The molecule has 2 rings (SSSR count). The molecule has 3 N–H and O–H groups in total. The molecule has 7 heteroatoms. The van der Waals surface area contributed by atoms with Crippen molar-refractivity contribution >= 4 is 10.0 Å². The number of sulfonamides is 1. The van der Waals surface area contributed by atoms with Gasteiger partial charge in [0.1, 0.15) is 0 Å². The number of nitrogens with zero attached hydrogens (tertiary/aromatic N) is 1. The molecular weight excluding hydrogens is 264 g/mol. The zero-order valence-electron chi connectivity index (χ0n) is 11.4. The van der Waals surface area contributed by atoms with E-state index in [-0.39, 0.29) is 5.03 Å². The molecule has 1 atom stereocenters. The van der Waals surface area contributed by atoms with Gasteiger partial charge >= 0.3 is 0 Å². The number of hydrogen-bond donors (Lipinski definition) is 3. The first-order chi connectivity index (χ1) is 9.03. The van der Waals surface area contributed by atoms with Crippen molar-refractivity contribution in [3.05, 3.63) is 11.8 Å². The highest BCUT2D eigenvalue weighted by molar-refractivity contribution is 7.89. The topological polar surface area (TPSA) is 86.9 Å². The Kier molecular flexibility index (Phi) is 4.59. The molecule has 19 heavy (non-hydrogen) atoms. The maximum atomic E-state index is 12.2. The Balaban J connectivity index is 2.00. The molecule has 1 unspecified atom stereocenters. The van der Waals surface area contributed by atoms with Gasteiger partial charge in [-0.15, -0.1) is 0 Å². The van der Waals surface area contributed by atoms with E-state index < -0.39 is 10.0 Å². The lowest BCUT2D eigenvalue weighted by Crippen LogP contribution is -2.29. The van der Waals surface area contributed by atoms with Crippen LogP contribution in [0.1, 0.15) is 38.7 Å². The molecule has 0 bridgehead atoms. The van der Waals surface area contributed by atoms with Crippen LogP contribution < -0.4 is 10.0 Å². The molecule has 1 aromatic heterocycles. The van der Waals surface area contributed by atoms with Gasteiger partial charge in [0.15, 0.2) is 5.03 Å². The maximum Gasteiger partial charge on any atom is 0.257 e. The van der Waals surface area contributed by atoms with Gasteiger partial charge in [-0.2, -0.15) is 5.10 Å². The van der Waals surface area contributed by atoms with Gasteiger partial charge in [-0.05, 0) is 18.8 Å². The lowest BCUT2D eigenvalue weighted by atomic mass is 10.1. The number of hydrogen-bond acceptors (Lipinski definition) is 4. The molecule has 0 aromatic carbocycles. The summed E-state index contributed by atoms with van der Waals surface area (Å²) >= 11 is 0. The molecule has 0 radical (unpaired) electrons. The molecule has 0 spiro atoms. The zero-order chi connectivity index (χ0) is 13.9. The van der Waals surface area contributed by atoms with Crippen LogP contribution in [0.15, 0.2) is 11.2 Å². The molecule has 108 valence electrons. The van der Waals surface area contributed by atoms with Crippen molar-refractivity contribution in [2.45, 2.75) is 50.7 Å². The second-order valence-electron chi connectivity index (χ2n) is 5.24. The van der Waals surface area contributed by atoms with Crippen molar-refractivity contribution < 1.29 is 8.42 Å². The third kappa shape index (κ3) is 4.02. The summed E-state index contributed by atoms with van der Waals surface area (Å²) in [6, 6.07) is 0.540. The van der Waals surface area contributed by atoms with Crippen LogP contribution in [-0.2, 0) is 16.6 Å². The quantitative estimate of drug-likeness (QED) is 0.665. The van der Waals surface area contributed by atoms with Crippen molar-refractivity contribution in [2.24, 2.45) is 5.92 Å². The van der Waals surface area contributed by atoms with Crippen LogP contribution in [-0.4, -0.2) is 31.2 Å². The van der Waals surface area contributed by atoms with Gasteiger partial charge in [0.25, 0.3) is 10.0 Å². The maximum absolute atomic E-state index is 12.2. The van der Waals surface area contributed by atoms with E-state index in [1.807, 2.05) is 13.8 Å². The summed E-state index contributed by atoms with van der Waals surface area (Å²) in [6.45, 7) is 5.05. The van der Waals surface area contributed by atoms with Crippen LogP contribution >= 0.6 is 0 Å². The van der Waals surface area contributed by atoms with E-state index >= 15 is 0 Å². The predicted molar refractivity (Wildman–Crippen MR) is 73.1 cm³/mol. The number of H-pyrrole nitrogens is 1. The monoisotopic (exact) mass is 286 g/mol. The predicted octanol–water partition coefficient (Wildman–Crippen LogP) is 0.986. The number of aromatic amines is 1. The highest BCUT2D eigenvalue weighted by atomic mass is 32.2. The van der Waals surface area contributed by atoms with E-state index in [4.69, 9.17) is 0 Å². The van der Waals surface area contributed by atoms with Gasteiger partial charge in [0.05, 0.1) is 6.20 Å². The average Bonchev–Trinajstić information content (AvgIpc) is 3.09. The van der Waals surface area contributed by atoms with Crippen LogP contribution in [0.4, 0.5) is 0 Å². The molecule has 1 aliphatic carbocycles. The van der Waals surface area contributed by atoms with Crippen LogP contribution in [0, 0.1) is 5.92 Å². The van der Waals surface area contributed by atoms with Crippen molar-refractivity contribution in [1.29, 1.82) is 0 Å². The minimum atomic E-state index is -3.49. The van der Waals surface area contributed by atoms with Crippen LogP contribution in [0.3, 0.4) is 0 Å². The Morgan fingerprint density at radius 3 is 2.89 bits per heavy atom. The summed E-state index contributed by atoms with van der Waals surface area (Å²) in [5, 5.41) is 9.92. The fourth-order valence-corrected chi connectivity index (χ4v) is 2.96. The van der Waals surface area contributed by atoms with E-state index in [0.717, 1.165) is 6.42 Å². The van der Waals surface area contributed by atoms with Gasteiger partial charge in [-0.3, -0.25) is 5.10 Å². The number of aromatic nitrogens is 2. The fraction of sp³-hybridized carbons (Fsp3) is 0.750. The molecule has 1 aliphatic rings. The number of nitrogens with one attached hydrogen (secondary N) is 3. The molecule has 6 nitrogen and oxygen atoms in total. The van der Waals surface area contributed by atoms with Crippen molar-refractivity contribution in [3.63, 3.8) is 0 Å². The van der Waals surface area contributed by atoms with Crippen molar-refractivity contribution in [3.8, 4) is 0 Å². The van der Waals surface area contributed by atoms with Crippen LogP contribution in [0.5, 0.6) is 0 Å². The van der Waals surface area contributed by atoms with Gasteiger partial charge in [0, 0.05) is 24.7 Å². The molecular formula is C12H22N4O2S. The second kappa shape index (κ2) is 6.02. The zero-order valence-corrected chi connectivity index (χ0v) is 12.3. The summed E-state index contributed by atoms with van der Waals surface area (Å²) in [7, 11) is -3.49. The SMILES string of the molecule is CCC(C)CNS(=O)(=O)c1[nH]ncc1CNC1CC1. The third-order valence-corrected chi connectivity index (χ3v) is 4.86. The minimum absolute atomic E-state index is 0.184. The first-order valence-electron chi connectivity index (χ1n) is 6.78. The molecule has 1 heterocycles. The van der Waals surface area contributed by atoms with Gasteiger partial charge in [0.2, 0.25) is 0 Å². The summed E-state index contributed by atoms with van der Waals surface area (Å²) in [5.41, 5.74) is 0.698. The minimum Gasteiger partial charge on any atom is -0.310 e. The van der Waals surface area contributed by atoms with Gasteiger partial charge < -0.3 is 5.32 Å². The largest absolute Gasteiger partial charge is 0.310 e. The molecule has 0 saturated heterocycles. The Morgan fingerprint density at radius 1 is 1.53 bits per heavy atom. The van der Waals surface area contributed by atoms with E-state index in [1.165, 1.54) is 12.8 Å². The second-order valence-corrected chi connectivity index (χ2v) is 6.95. The summed E-state index contributed by atoms with van der Waals surface area (Å²) < 4.78 is 27.0. The van der Waals surface area contributed by atoms with E-state index in [1.54, 1.807) is 6.20 Å². The fourth-order valence-electron chi connectivity index (χ4n) is 1.67. The summed E-state index contributed by atoms with van der Waals surface area (Å²) in [4.78, 5) is 0. The van der Waals surface area contributed by atoms with E-state index in [9.17, 15) is 8.42 Å². The Hall–Kier alpha value is -0.920. The summed E-state index contributed by atoms with van der Waals surface area (Å²) in [5.74, 6) is 0.325. The lowest BCUT2D eigenvalue weighted by Gasteiger charge is -2.11. The Bertz CT molecular complexity index is 508. The first-order valence-corrected chi connectivity index (χ1v) is 8.26. The highest BCUT2D eigenvalue weighted by Crippen LogP contribution is 2.20. The highest BCUT2D eigenvalue weighted by Gasteiger charge is 2.24. The molecule has 0 amide bonds. The standard InChI is InChI=1S/C12H22N4O2S/c1-3-9(2)6-15-19(17,18)12-10(8-14-16-12)7-13-11-4-5-11/h8-9,11,13,15H,3-7H2,1-2H3,(H,14,16). The normalized spacial score (nSPS) is 17.6. The van der Waals surface area contributed by atoms with Crippen molar-refractivity contribution in [2.75, 3.05) is 6.54 Å². The molecule has 0 aliphatic heterocycles. The van der Waals surface area contributed by atoms with Crippen LogP contribution in [0.25, 0.3) is 0 Å². The Morgan fingerprint density at radius 2 is 2.26 bits per heavy atom. The van der Waals surface area contributed by atoms with Gasteiger partial charge in [-0.25, -0.2) is 13.1 Å². The van der Waals surface area contributed by atoms with Crippen LogP contribution in [0.2, 0.25) is 0 Å². The average molecular weight is 286 g/mol. The molecule has 1 saturated carbocycles. The van der Waals surface area contributed by atoms with E-state index in [2.05, 4.69) is 20.2 Å². The third-order valence-electron chi connectivity index (χ3n) is 3.42. The van der Waals surface area contributed by atoms with Gasteiger partial charge in [-0.1, -0.05) is 20.3 Å². The van der Waals surface area contributed by atoms with Crippen molar-refractivity contribution in [1.82, 2.24) is 20.2 Å². The lowest BCUT2D eigenvalue weighted by molar-refractivity contribution is 0.525.